The third-order valence-corrected chi connectivity index (χ3v) is 4.31. The number of amides is 2. The van der Waals surface area contributed by atoms with Gasteiger partial charge in [-0.1, -0.05) is 23.2 Å². The van der Waals surface area contributed by atoms with Crippen LogP contribution in [0, 0.1) is 17.2 Å². The van der Waals surface area contributed by atoms with Gasteiger partial charge in [-0.2, -0.15) is 5.26 Å². The molecule has 0 saturated heterocycles. The monoisotopic (exact) mass is 392 g/mol. The number of carbonyl (C=O) groups excluding carboxylic acids is 2. The van der Waals surface area contributed by atoms with E-state index in [1.165, 1.54) is 30.5 Å². The van der Waals surface area contributed by atoms with E-state index in [0.29, 0.717) is 5.69 Å². The Bertz CT molecular complexity index is 922. The molecular weight excluding hydrogens is 382 g/mol. The number of hydrogen-bond acceptors (Lipinski definition) is 4. The number of carbonyl (C=O) groups is 2. The molecule has 132 valence electrons. The number of pyridine rings is 1. The van der Waals surface area contributed by atoms with Crippen molar-refractivity contribution in [2.24, 2.45) is 5.92 Å². The van der Waals surface area contributed by atoms with Crippen LogP contribution >= 0.6 is 23.2 Å². The predicted molar refractivity (Wildman–Crippen MR) is 95.0 cm³/mol. The molecule has 6 nitrogen and oxygen atoms in total. The molecule has 2 amide bonds. The van der Waals surface area contributed by atoms with Crippen molar-refractivity contribution >= 4 is 46.5 Å². The van der Waals surface area contributed by atoms with E-state index in [0.717, 1.165) is 0 Å². The smallest absolute Gasteiger partial charge is 0.258 e. The number of rotatable bonds is 4. The maximum atomic E-state index is 12.9. The van der Waals surface area contributed by atoms with E-state index in [2.05, 4.69) is 15.6 Å². The molecule has 26 heavy (non-hydrogen) atoms. The Labute approximate surface area is 157 Å². The first-order valence-electron chi connectivity index (χ1n) is 7.50. The Balaban J connectivity index is 1.75. The van der Waals surface area contributed by atoms with Gasteiger partial charge in [0.05, 0.1) is 33.2 Å². The van der Waals surface area contributed by atoms with Gasteiger partial charge in [-0.15, -0.1) is 0 Å². The van der Waals surface area contributed by atoms with Crippen molar-refractivity contribution in [1.29, 1.82) is 5.26 Å². The first-order valence-corrected chi connectivity index (χ1v) is 8.26. The van der Waals surface area contributed by atoms with Crippen LogP contribution in [0.3, 0.4) is 0 Å². The summed E-state index contributed by atoms with van der Waals surface area (Å²) in [5.41, 5.74) is 0.592. The summed E-state index contributed by atoms with van der Waals surface area (Å²) in [6.45, 7) is 0. The number of aromatic nitrogens is 1. The highest BCUT2D eigenvalue weighted by atomic mass is 35.5. The van der Waals surface area contributed by atoms with Crippen LogP contribution in [0.1, 0.15) is 22.3 Å². The number of hydrogen-bond donors (Lipinski definition) is 2. The van der Waals surface area contributed by atoms with Crippen LogP contribution in [-0.4, -0.2) is 23.0 Å². The van der Waals surface area contributed by atoms with Gasteiger partial charge in [0.2, 0.25) is 5.91 Å². The van der Waals surface area contributed by atoms with Gasteiger partial charge in [0.15, 0.2) is 0 Å². The Morgan fingerprint density at radius 1 is 1.23 bits per heavy atom. The summed E-state index contributed by atoms with van der Waals surface area (Å²) < 4.78 is 12.9. The lowest BCUT2D eigenvalue weighted by Crippen LogP contribution is -2.17. The quantitative estimate of drug-likeness (QED) is 0.826. The molecule has 1 aliphatic carbocycles. The number of nitrogens with zero attached hydrogens (tertiary/aromatic N) is 2. The zero-order valence-corrected chi connectivity index (χ0v) is 14.6. The summed E-state index contributed by atoms with van der Waals surface area (Å²) in [6.07, 6.45) is 0.476. The summed E-state index contributed by atoms with van der Waals surface area (Å²) in [5.74, 6) is -1.50. The van der Waals surface area contributed by atoms with Crippen molar-refractivity contribution < 1.29 is 14.0 Å². The second kappa shape index (κ2) is 7.28. The van der Waals surface area contributed by atoms with Crippen molar-refractivity contribution in [1.82, 2.24) is 4.98 Å². The second-order valence-corrected chi connectivity index (χ2v) is 6.47. The molecule has 2 atom stereocenters. The summed E-state index contributed by atoms with van der Waals surface area (Å²) >= 11 is 12.1. The van der Waals surface area contributed by atoms with Gasteiger partial charge in [0.25, 0.3) is 5.91 Å². The first-order chi connectivity index (χ1) is 12.4. The number of anilines is 2. The van der Waals surface area contributed by atoms with E-state index in [9.17, 15) is 14.0 Å². The van der Waals surface area contributed by atoms with Crippen LogP contribution in [0.5, 0.6) is 0 Å². The van der Waals surface area contributed by atoms with Gasteiger partial charge in [0.1, 0.15) is 12.0 Å². The van der Waals surface area contributed by atoms with Gasteiger partial charge in [-0.05, 0) is 24.6 Å². The summed E-state index contributed by atoms with van der Waals surface area (Å²) in [6, 6.07) is 7.50. The second-order valence-electron chi connectivity index (χ2n) is 5.66. The fraction of sp³-hybridized carbons (Fsp3) is 0.176. The molecule has 2 aromatic rings. The molecule has 0 bridgehead atoms. The average molecular weight is 393 g/mol. The fourth-order valence-corrected chi connectivity index (χ4v) is 2.94. The van der Waals surface area contributed by atoms with Crippen LogP contribution in [0.15, 0.2) is 30.5 Å². The molecule has 2 N–H and O–H groups in total. The molecule has 0 aliphatic heterocycles. The molecule has 0 spiro atoms. The lowest BCUT2D eigenvalue weighted by atomic mass is 10.1. The molecule has 1 aliphatic rings. The van der Waals surface area contributed by atoms with Gasteiger partial charge in [0, 0.05) is 18.0 Å². The molecule has 1 aromatic heterocycles. The normalized spacial score (nSPS) is 17.9. The topological polar surface area (TPSA) is 94.9 Å². The molecule has 0 radical (unpaired) electrons. The number of nitriles is 1. The molecule has 1 fully saturated rings. The minimum Gasteiger partial charge on any atom is -0.322 e. The van der Waals surface area contributed by atoms with E-state index in [1.54, 1.807) is 0 Å². The van der Waals surface area contributed by atoms with Crippen LogP contribution in [0.2, 0.25) is 10.0 Å². The number of nitrogens with one attached hydrogen (secondary N) is 2. The fourth-order valence-electron chi connectivity index (χ4n) is 2.28. The van der Waals surface area contributed by atoms with Crippen LogP contribution < -0.4 is 10.6 Å². The van der Waals surface area contributed by atoms with Crippen molar-refractivity contribution in [3.05, 3.63) is 51.6 Å². The largest absolute Gasteiger partial charge is 0.322 e. The maximum absolute atomic E-state index is 12.9. The molecule has 0 unspecified atom stereocenters. The minimum atomic E-state index is -1.11. The highest BCUT2D eigenvalue weighted by molar-refractivity contribution is 6.40. The molecule has 1 saturated carbocycles. The zero-order valence-electron chi connectivity index (χ0n) is 13.1. The Hall–Kier alpha value is -2.69. The predicted octanol–water partition coefficient (Wildman–Crippen LogP) is 3.81. The summed E-state index contributed by atoms with van der Waals surface area (Å²) in [7, 11) is 0. The number of alkyl halides is 1. The molecule has 1 aromatic carbocycles. The number of halogens is 3. The molecule has 1 heterocycles. The van der Waals surface area contributed by atoms with Gasteiger partial charge in [-0.25, -0.2) is 9.37 Å². The maximum Gasteiger partial charge on any atom is 0.258 e. The van der Waals surface area contributed by atoms with Crippen molar-refractivity contribution in [3.8, 4) is 6.07 Å². The Morgan fingerprint density at radius 2 is 1.88 bits per heavy atom. The average Bonchev–Trinajstić information content (AvgIpc) is 3.31. The van der Waals surface area contributed by atoms with Crippen molar-refractivity contribution in [2.75, 3.05) is 10.6 Å². The standard InChI is InChI=1S/C17H11Cl2FN4O2/c18-11-3-8(7-21)4-12(19)15(11)17(26)23-9-1-2-22-14(5-9)24-16(25)10-6-13(10)20/h1-5,10,13H,6H2,(H2,22,23,24,25,26)/t10-,13+/m1/s1. The van der Waals surface area contributed by atoms with E-state index in [-0.39, 0.29) is 33.4 Å². The lowest BCUT2D eigenvalue weighted by Gasteiger charge is -2.10. The van der Waals surface area contributed by atoms with E-state index in [1.807, 2.05) is 6.07 Å². The van der Waals surface area contributed by atoms with Crippen LogP contribution in [0.4, 0.5) is 15.9 Å². The first kappa shape index (κ1) is 18.1. The lowest BCUT2D eigenvalue weighted by molar-refractivity contribution is -0.117. The van der Waals surface area contributed by atoms with Crippen LogP contribution in [0.25, 0.3) is 0 Å². The zero-order chi connectivity index (χ0) is 18.8. The molecular formula is C17H11Cl2FN4O2. The van der Waals surface area contributed by atoms with Crippen molar-refractivity contribution in [2.45, 2.75) is 12.6 Å². The SMILES string of the molecule is N#Cc1cc(Cl)c(C(=O)Nc2ccnc(NC(=O)[C@@H]3C[C@@H]3F)c2)c(Cl)c1. The third-order valence-electron chi connectivity index (χ3n) is 3.72. The third kappa shape index (κ3) is 3.93. The van der Waals surface area contributed by atoms with Crippen LogP contribution in [-0.2, 0) is 4.79 Å². The highest BCUT2D eigenvalue weighted by Gasteiger charge is 2.43. The Kier molecular flexibility index (Phi) is 5.07. The summed E-state index contributed by atoms with van der Waals surface area (Å²) in [4.78, 5) is 28.1. The van der Waals surface area contributed by atoms with Gasteiger partial charge >= 0.3 is 0 Å². The molecule has 9 heteroatoms. The van der Waals surface area contributed by atoms with Crippen molar-refractivity contribution in [3.63, 3.8) is 0 Å². The van der Waals surface area contributed by atoms with E-state index >= 15 is 0 Å². The number of benzene rings is 1. The minimum absolute atomic E-state index is 0.0213. The van der Waals surface area contributed by atoms with E-state index < -0.39 is 23.9 Å². The highest BCUT2D eigenvalue weighted by Crippen LogP contribution is 2.34. The summed E-state index contributed by atoms with van der Waals surface area (Å²) in [5, 5.41) is 14.0. The molecule has 3 rings (SSSR count). The van der Waals surface area contributed by atoms with Gasteiger partial charge in [-0.3, -0.25) is 9.59 Å². The Morgan fingerprint density at radius 3 is 2.46 bits per heavy atom. The van der Waals surface area contributed by atoms with Gasteiger partial charge < -0.3 is 10.6 Å². The van der Waals surface area contributed by atoms with E-state index in [4.69, 9.17) is 28.5 Å².